The Morgan fingerprint density at radius 2 is 1.89 bits per heavy atom. The topological polar surface area (TPSA) is 35.2 Å². The van der Waals surface area contributed by atoms with Crippen molar-refractivity contribution in [2.75, 3.05) is 12.9 Å². The van der Waals surface area contributed by atoms with E-state index in [1.165, 1.54) is 37.7 Å². The Morgan fingerprint density at radius 1 is 1.22 bits per heavy atom. The van der Waals surface area contributed by atoms with Crippen LogP contribution in [0.1, 0.15) is 43.7 Å². The van der Waals surface area contributed by atoms with E-state index in [0.717, 1.165) is 16.8 Å². The molecule has 0 radical (unpaired) electrons. The lowest BCUT2D eigenvalue weighted by Crippen LogP contribution is -2.16. The molecule has 100 valence electrons. The highest BCUT2D eigenvalue weighted by Crippen LogP contribution is 2.30. The quantitative estimate of drug-likeness (QED) is 0.880. The fraction of sp³-hybridized carbons (Fsp3) is 0.600. The van der Waals surface area contributed by atoms with Crippen LogP contribution in [-0.2, 0) is 0 Å². The summed E-state index contributed by atoms with van der Waals surface area (Å²) in [5.74, 6) is 1.92. The fourth-order valence-electron chi connectivity index (χ4n) is 2.42. The van der Waals surface area contributed by atoms with Gasteiger partial charge in [-0.15, -0.1) is 0 Å². The molecular weight excluding hydrogens is 242 g/mol. The van der Waals surface area contributed by atoms with Gasteiger partial charge in [0.2, 0.25) is 0 Å². The van der Waals surface area contributed by atoms with E-state index < -0.39 is 0 Å². The Kier molecular flexibility index (Phi) is 5.39. The van der Waals surface area contributed by atoms with Crippen molar-refractivity contribution in [2.45, 2.75) is 43.4 Å². The summed E-state index contributed by atoms with van der Waals surface area (Å²) < 4.78 is 5.16. The zero-order chi connectivity index (χ0) is 12.8. The molecule has 2 N–H and O–H groups in total. The number of hydrogen-bond donors (Lipinski definition) is 1. The number of hydrogen-bond acceptors (Lipinski definition) is 3. The van der Waals surface area contributed by atoms with Crippen LogP contribution in [0.5, 0.6) is 5.75 Å². The van der Waals surface area contributed by atoms with Crippen LogP contribution in [0, 0.1) is 0 Å². The fourth-order valence-corrected chi connectivity index (χ4v) is 3.76. The molecule has 0 amide bonds. The minimum atomic E-state index is 0.142. The Balaban J connectivity index is 1.80. The van der Waals surface area contributed by atoms with Gasteiger partial charge in [0.05, 0.1) is 7.11 Å². The van der Waals surface area contributed by atoms with E-state index in [-0.39, 0.29) is 6.04 Å². The van der Waals surface area contributed by atoms with Gasteiger partial charge in [-0.05, 0) is 30.5 Å². The highest BCUT2D eigenvalue weighted by Gasteiger charge is 2.15. The van der Waals surface area contributed by atoms with Crippen molar-refractivity contribution in [3.63, 3.8) is 0 Å². The summed E-state index contributed by atoms with van der Waals surface area (Å²) >= 11 is 2.05. The smallest absolute Gasteiger partial charge is 0.118 e. The molecule has 1 aromatic rings. The molecule has 1 atom stereocenters. The number of nitrogens with two attached hydrogens (primary N) is 1. The first-order valence-corrected chi connectivity index (χ1v) is 7.85. The van der Waals surface area contributed by atoms with Gasteiger partial charge in [-0.2, -0.15) is 11.8 Å². The normalized spacial score (nSPS) is 18.6. The van der Waals surface area contributed by atoms with E-state index in [1.807, 2.05) is 12.1 Å². The molecule has 0 aromatic heterocycles. The molecule has 0 bridgehead atoms. The Morgan fingerprint density at radius 3 is 2.50 bits per heavy atom. The van der Waals surface area contributed by atoms with Crippen molar-refractivity contribution in [3.05, 3.63) is 29.8 Å². The molecule has 1 aromatic carbocycles. The highest BCUT2D eigenvalue weighted by atomic mass is 32.2. The molecule has 2 rings (SSSR count). The summed E-state index contributed by atoms with van der Waals surface area (Å²) in [7, 11) is 1.69. The Hall–Kier alpha value is -0.670. The summed E-state index contributed by atoms with van der Waals surface area (Å²) in [6, 6.07) is 8.26. The van der Waals surface area contributed by atoms with Crippen molar-refractivity contribution >= 4 is 11.8 Å². The van der Waals surface area contributed by atoms with Crippen molar-refractivity contribution < 1.29 is 4.74 Å². The first-order valence-electron chi connectivity index (χ1n) is 6.80. The molecule has 18 heavy (non-hydrogen) atoms. The van der Waals surface area contributed by atoms with E-state index >= 15 is 0 Å². The second-order valence-corrected chi connectivity index (χ2v) is 6.31. The predicted molar refractivity (Wildman–Crippen MR) is 79.3 cm³/mol. The van der Waals surface area contributed by atoms with Gasteiger partial charge in [0.25, 0.3) is 0 Å². The standard InChI is InChI=1S/C15H23NOS/c1-17-13-9-7-12(8-10-13)15(16)11-18-14-5-3-2-4-6-14/h7-10,14-15H,2-6,11,16H2,1H3. The van der Waals surface area contributed by atoms with Crippen LogP contribution in [0.15, 0.2) is 24.3 Å². The minimum Gasteiger partial charge on any atom is -0.497 e. The number of thioether (sulfide) groups is 1. The largest absolute Gasteiger partial charge is 0.497 e. The van der Waals surface area contributed by atoms with Gasteiger partial charge >= 0.3 is 0 Å². The van der Waals surface area contributed by atoms with E-state index in [4.69, 9.17) is 10.5 Å². The summed E-state index contributed by atoms with van der Waals surface area (Å²) in [4.78, 5) is 0. The van der Waals surface area contributed by atoms with Crippen LogP contribution in [0.2, 0.25) is 0 Å². The summed E-state index contributed by atoms with van der Waals surface area (Å²) in [6.45, 7) is 0. The molecule has 0 saturated heterocycles. The lowest BCUT2D eigenvalue weighted by Gasteiger charge is -2.22. The third-order valence-electron chi connectivity index (χ3n) is 3.61. The van der Waals surface area contributed by atoms with Crippen LogP contribution in [0.3, 0.4) is 0 Å². The van der Waals surface area contributed by atoms with Gasteiger partial charge < -0.3 is 10.5 Å². The van der Waals surface area contributed by atoms with Crippen molar-refractivity contribution in [3.8, 4) is 5.75 Å². The summed E-state index contributed by atoms with van der Waals surface area (Å²) in [5.41, 5.74) is 7.45. The lowest BCUT2D eigenvalue weighted by atomic mass is 10.0. The molecule has 0 heterocycles. The molecular formula is C15H23NOS. The summed E-state index contributed by atoms with van der Waals surface area (Å²) in [6.07, 6.45) is 6.96. The van der Waals surface area contributed by atoms with Crippen LogP contribution in [-0.4, -0.2) is 18.1 Å². The van der Waals surface area contributed by atoms with Gasteiger partial charge in [-0.1, -0.05) is 31.4 Å². The average molecular weight is 265 g/mol. The molecule has 0 spiro atoms. The van der Waals surface area contributed by atoms with Crippen LogP contribution in [0.4, 0.5) is 0 Å². The van der Waals surface area contributed by atoms with Gasteiger partial charge in [0.1, 0.15) is 5.75 Å². The van der Waals surface area contributed by atoms with Gasteiger partial charge in [-0.3, -0.25) is 0 Å². The van der Waals surface area contributed by atoms with Crippen molar-refractivity contribution in [1.29, 1.82) is 0 Å². The van der Waals surface area contributed by atoms with Gasteiger partial charge in [0, 0.05) is 17.0 Å². The molecule has 2 nitrogen and oxygen atoms in total. The maximum atomic E-state index is 6.24. The molecule has 1 aliphatic carbocycles. The van der Waals surface area contributed by atoms with E-state index in [9.17, 15) is 0 Å². The average Bonchev–Trinajstić information content (AvgIpc) is 2.46. The van der Waals surface area contributed by atoms with Crippen molar-refractivity contribution in [2.24, 2.45) is 5.73 Å². The monoisotopic (exact) mass is 265 g/mol. The third kappa shape index (κ3) is 3.92. The van der Waals surface area contributed by atoms with Gasteiger partial charge in [-0.25, -0.2) is 0 Å². The molecule has 1 unspecified atom stereocenters. The lowest BCUT2D eigenvalue weighted by molar-refractivity contribution is 0.414. The maximum Gasteiger partial charge on any atom is 0.118 e. The Bertz CT molecular complexity index is 346. The third-order valence-corrected chi connectivity index (χ3v) is 5.10. The number of rotatable bonds is 5. The number of methoxy groups -OCH3 is 1. The molecule has 1 saturated carbocycles. The second kappa shape index (κ2) is 7.05. The van der Waals surface area contributed by atoms with E-state index in [2.05, 4.69) is 23.9 Å². The minimum absolute atomic E-state index is 0.142. The summed E-state index contributed by atoms with van der Waals surface area (Å²) in [5, 5.41) is 0.836. The van der Waals surface area contributed by atoms with E-state index in [0.29, 0.717) is 0 Å². The SMILES string of the molecule is COc1ccc(C(N)CSC2CCCCC2)cc1. The first kappa shape index (κ1) is 13.8. The molecule has 1 fully saturated rings. The Labute approximate surface area is 114 Å². The molecule has 1 aliphatic rings. The van der Waals surface area contributed by atoms with Crippen LogP contribution in [0.25, 0.3) is 0 Å². The predicted octanol–water partition coefficient (Wildman–Crippen LogP) is 3.76. The highest BCUT2D eigenvalue weighted by molar-refractivity contribution is 7.99. The van der Waals surface area contributed by atoms with Crippen molar-refractivity contribution in [1.82, 2.24) is 0 Å². The first-order chi connectivity index (χ1) is 8.79. The zero-order valence-corrected chi connectivity index (χ0v) is 11.9. The number of ether oxygens (including phenoxy) is 1. The van der Waals surface area contributed by atoms with Gasteiger partial charge in [0.15, 0.2) is 0 Å². The number of benzene rings is 1. The molecule has 0 aliphatic heterocycles. The maximum absolute atomic E-state index is 6.24. The van der Waals surface area contributed by atoms with Crippen LogP contribution >= 0.6 is 11.8 Å². The second-order valence-electron chi connectivity index (χ2n) is 4.97. The van der Waals surface area contributed by atoms with E-state index in [1.54, 1.807) is 7.11 Å². The van der Waals surface area contributed by atoms with Crippen LogP contribution < -0.4 is 10.5 Å². The zero-order valence-electron chi connectivity index (χ0n) is 11.1. The molecule has 3 heteroatoms.